The maximum absolute atomic E-state index is 12.7. The summed E-state index contributed by atoms with van der Waals surface area (Å²) in [5, 5.41) is 18.0. The summed E-state index contributed by atoms with van der Waals surface area (Å²) >= 11 is 0. The van der Waals surface area contributed by atoms with Gasteiger partial charge in [-0.3, -0.25) is 0 Å². The Labute approximate surface area is 116 Å². The van der Waals surface area contributed by atoms with Gasteiger partial charge in [-0.05, 0) is 43.0 Å². The van der Waals surface area contributed by atoms with Gasteiger partial charge in [0, 0.05) is 0 Å². The van der Waals surface area contributed by atoms with Gasteiger partial charge in [-0.25, -0.2) is 0 Å². The number of aliphatic hydroxyl groups excluding tert-OH is 2. The van der Waals surface area contributed by atoms with Gasteiger partial charge in [0.05, 0.1) is 24.9 Å². The fourth-order valence-corrected chi connectivity index (χ4v) is 1.72. The molecule has 0 saturated carbocycles. The normalized spacial score (nSPS) is 13.3. The summed E-state index contributed by atoms with van der Waals surface area (Å²) in [6.07, 6.45) is -4.21. The zero-order chi connectivity index (χ0) is 15.2. The van der Waals surface area contributed by atoms with E-state index < -0.39 is 24.5 Å². The lowest BCUT2D eigenvalue weighted by molar-refractivity contribution is -0.137. The molecular weight excluding hydrogens is 273 g/mol. The maximum atomic E-state index is 12.7. The largest absolute Gasteiger partial charge is 0.493 e. The van der Waals surface area contributed by atoms with E-state index in [0.717, 1.165) is 18.6 Å². The molecule has 0 amide bonds. The number of ether oxygens (including phenoxy) is 1. The zero-order valence-electron chi connectivity index (χ0n) is 11.3. The Morgan fingerprint density at radius 1 is 1.30 bits per heavy atom. The highest BCUT2D eigenvalue weighted by Crippen LogP contribution is 2.33. The molecule has 1 rings (SSSR count). The molecule has 1 atom stereocenters. The van der Waals surface area contributed by atoms with Crippen molar-refractivity contribution in [3.8, 4) is 5.75 Å². The second kappa shape index (κ2) is 7.50. The number of rotatable bonds is 7. The monoisotopic (exact) mass is 292 g/mol. The van der Waals surface area contributed by atoms with Crippen LogP contribution < -0.4 is 4.74 Å². The molecule has 2 N–H and O–H groups in total. The lowest BCUT2D eigenvalue weighted by Gasteiger charge is -2.15. The van der Waals surface area contributed by atoms with Crippen LogP contribution in [0.3, 0.4) is 0 Å². The Morgan fingerprint density at radius 3 is 2.55 bits per heavy atom. The summed E-state index contributed by atoms with van der Waals surface area (Å²) in [6.45, 7) is 1.91. The fourth-order valence-electron chi connectivity index (χ4n) is 1.72. The van der Waals surface area contributed by atoms with Gasteiger partial charge in [0.25, 0.3) is 0 Å². The lowest BCUT2D eigenvalue weighted by Crippen LogP contribution is -2.14. The van der Waals surface area contributed by atoms with Crippen LogP contribution in [-0.2, 0) is 12.6 Å². The second-order valence-electron chi connectivity index (χ2n) is 4.54. The molecule has 1 aromatic carbocycles. The summed E-state index contributed by atoms with van der Waals surface area (Å²) in [6, 6.07) is 3.32. The number of hydrogen-bond donors (Lipinski definition) is 2. The smallest absolute Gasteiger partial charge is 0.416 e. The number of benzene rings is 1. The Kier molecular flexibility index (Phi) is 6.29. The van der Waals surface area contributed by atoms with Crippen LogP contribution in [0.5, 0.6) is 5.75 Å². The standard InChI is InChI=1S/C14H19F3O3/c1-2-7-20-13-6-4-11(14(15,16)17)8-10(13)3-5-12(19)9-18/h4,6,8,12,18-19H,2-3,5,7,9H2,1H3. The van der Waals surface area contributed by atoms with E-state index in [1.54, 1.807) is 0 Å². The van der Waals surface area contributed by atoms with Gasteiger partial charge in [0.1, 0.15) is 5.75 Å². The van der Waals surface area contributed by atoms with Gasteiger partial charge in [0.2, 0.25) is 0 Å². The first kappa shape index (κ1) is 16.8. The third kappa shape index (κ3) is 5.02. The minimum atomic E-state index is -4.41. The molecule has 0 aliphatic heterocycles. The molecule has 0 saturated heterocycles. The number of hydrogen-bond acceptors (Lipinski definition) is 3. The minimum Gasteiger partial charge on any atom is -0.493 e. The number of aliphatic hydroxyl groups is 2. The van der Waals surface area contributed by atoms with E-state index in [2.05, 4.69) is 0 Å². The van der Waals surface area contributed by atoms with Crippen molar-refractivity contribution in [3.63, 3.8) is 0 Å². The first-order chi connectivity index (χ1) is 9.38. The molecule has 3 nitrogen and oxygen atoms in total. The van der Waals surface area contributed by atoms with Crippen LogP contribution in [0.4, 0.5) is 13.2 Å². The minimum absolute atomic E-state index is 0.181. The molecule has 0 heterocycles. The van der Waals surface area contributed by atoms with Gasteiger partial charge >= 0.3 is 6.18 Å². The van der Waals surface area contributed by atoms with Crippen LogP contribution in [0.25, 0.3) is 0 Å². The predicted octanol–water partition coefficient (Wildman–Crippen LogP) is 2.78. The van der Waals surface area contributed by atoms with Crippen LogP contribution in [-0.4, -0.2) is 29.5 Å². The van der Waals surface area contributed by atoms with E-state index in [0.29, 0.717) is 17.9 Å². The average molecular weight is 292 g/mol. The summed E-state index contributed by atoms with van der Waals surface area (Å²) < 4.78 is 43.5. The third-order valence-corrected chi connectivity index (χ3v) is 2.81. The van der Waals surface area contributed by atoms with Crippen molar-refractivity contribution in [1.29, 1.82) is 0 Å². The van der Waals surface area contributed by atoms with Gasteiger partial charge in [-0.1, -0.05) is 6.92 Å². The van der Waals surface area contributed by atoms with Crippen molar-refractivity contribution in [1.82, 2.24) is 0 Å². The Bertz CT molecular complexity index is 419. The van der Waals surface area contributed by atoms with E-state index in [1.807, 2.05) is 6.92 Å². The molecule has 6 heteroatoms. The van der Waals surface area contributed by atoms with Gasteiger partial charge in [0.15, 0.2) is 0 Å². The molecule has 0 aromatic heterocycles. The van der Waals surface area contributed by atoms with Gasteiger partial charge < -0.3 is 14.9 Å². The van der Waals surface area contributed by atoms with Crippen LogP contribution >= 0.6 is 0 Å². The molecule has 0 radical (unpaired) electrons. The quantitative estimate of drug-likeness (QED) is 0.812. The van der Waals surface area contributed by atoms with Crippen molar-refractivity contribution in [2.75, 3.05) is 13.2 Å². The predicted molar refractivity (Wildman–Crippen MR) is 68.6 cm³/mol. The van der Waals surface area contributed by atoms with Crippen molar-refractivity contribution in [3.05, 3.63) is 29.3 Å². The second-order valence-corrected chi connectivity index (χ2v) is 4.54. The molecular formula is C14H19F3O3. The summed E-state index contributed by atoms with van der Waals surface area (Å²) in [7, 11) is 0. The Morgan fingerprint density at radius 2 is 2.00 bits per heavy atom. The number of halogens is 3. The molecule has 114 valence electrons. The first-order valence-electron chi connectivity index (χ1n) is 6.50. The van der Waals surface area contributed by atoms with E-state index in [9.17, 15) is 18.3 Å². The zero-order valence-corrected chi connectivity index (χ0v) is 11.3. The van der Waals surface area contributed by atoms with E-state index in [4.69, 9.17) is 9.84 Å². The molecule has 0 aliphatic carbocycles. The lowest BCUT2D eigenvalue weighted by atomic mass is 10.0. The van der Waals surface area contributed by atoms with Crippen LogP contribution in [0, 0.1) is 0 Å². The Balaban J connectivity index is 2.93. The maximum Gasteiger partial charge on any atom is 0.416 e. The SMILES string of the molecule is CCCOc1ccc(C(F)(F)F)cc1CCC(O)CO. The van der Waals surface area contributed by atoms with E-state index in [-0.39, 0.29) is 12.8 Å². The highest BCUT2D eigenvalue weighted by molar-refractivity contribution is 5.38. The van der Waals surface area contributed by atoms with Crippen LogP contribution in [0.15, 0.2) is 18.2 Å². The summed E-state index contributed by atoms with van der Waals surface area (Å²) in [5.74, 6) is 0.394. The van der Waals surface area contributed by atoms with Crippen LogP contribution in [0.1, 0.15) is 30.9 Å². The molecule has 1 aromatic rings. The first-order valence-corrected chi connectivity index (χ1v) is 6.50. The van der Waals surface area contributed by atoms with Crippen LogP contribution in [0.2, 0.25) is 0 Å². The van der Waals surface area contributed by atoms with Gasteiger partial charge in [-0.15, -0.1) is 0 Å². The third-order valence-electron chi connectivity index (χ3n) is 2.81. The van der Waals surface area contributed by atoms with Gasteiger partial charge in [-0.2, -0.15) is 13.2 Å². The average Bonchev–Trinajstić information content (AvgIpc) is 2.41. The highest BCUT2D eigenvalue weighted by Gasteiger charge is 2.31. The fraction of sp³-hybridized carbons (Fsp3) is 0.571. The molecule has 0 bridgehead atoms. The molecule has 1 unspecified atom stereocenters. The molecule has 0 fully saturated rings. The molecule has 0 spiro atoms. The van der Waals surface area contributed by atoms with Crippen molar-refractivity contribution in [2.24, 2.45) is 0 Å². The number of aryl methyl sites for hydroxylation is 1. The van der Waals surface area contributed by atoms with Crippen molar-refractivity contribution >= 4 is 0 Å². The highest BCUT2D eigenvalue weighted by atomic mass is 19.4. The van der Waals surface area contributed by atoms with E-state index >= 15 is 0 Å². The Hall–Kier alpha value is -1.27. The van der Waals surface area contributed by atoms with Crippen molar-refractivity contribution < 1.29 is 28.1 Å². The van der Waals surface area contributed by atoms with Crippen molar-refractivity contribution in [2.45, 2.75) is 38.5 Å². The molecule has 0 aliphatic rings. The number of alkyl halides is 3. The van der Waals surface area contributed by atoms with E-state index in [1.165, 1.54) is 6.07 Å². The summed E-state index contributed by atoms with van der Waals surface area (Å²) in [4.78, 5) is 0. The summed E-state index contributed by atoms with van der Waals surface area (Å²) in [5.41, 5.74) is -0.351. The topological polar surface area (TPSA) is 49.7 Å². The molecule has 20 heavy (non-hydrogen) atoms.